The fraction of sp³-hybridized carbons (Fsp3) is 0.500. The number of carbonyl (C=O) groups is 1. The Bertz CT molecular complexity index is 296. The Kier molecular flexibility index (Phi) is 2.02. The van der Waals surface area contributed by atoms with Gasteiger partial charge < -0.3 is 15.1 Å². The molecular formula is C8H11N3O2. The largest absolute Gasteiger partial charge is 0.451 e. The minimum Gasteiger partial charge on any atom is -0.451 e. The molecule has 1 unspecified atom stereocenters. The van der Waals surface area contributed by atoms with Crippen LogP contribution >= 0.6 is 0 Å². The van der Waals surface area contributed by atoms with Gasteiger partial charge in [0.2, 0.25) is 5.91 Å². The maximum Gasteiger partial charge on any atom is 0.224 e. The molecule has 1 aromatic rings. The van der Waals surface area contributed by atoms with E-state index in [1.807, 2.05) is 0 Å². The summed E-state index contributed by atoms with van der Waals surface area (Å²) in [5.74, 6) is 0.0931. The third-order valence-corrected chi connectivity index (χ3v) is 2.08. The molecule has 1 aliphatic rings. The van der Waals surface area contributed by atoms with E-state index in [2.05, 4.69) is 4.98 Å². The molecule has 0 aliphatic carbocycles. The Morgan fingerprint density at radius 1 is 1.77 bits per heavy atom. The molecule has 70 valence electrons. The predicted molar refractivity (Wildman–Crippen MR) is 44.5 cm³/mol. The standard InChI is InChI=1S/C8H11N3O2/c9-6-1-8(12)11(2-6)3-7-4-13-5-10-7/h4-6H,1-3,9H2. The molecule has 1 atom stereocenters. The van der Waals surface area contributed by atoms with Gasteiger partial charge in [-0.1, -0.05) is 0 Å². The van der Waals surface area contributed by atoms with Crippen LogP contribution in [0.5, 0.6) is 0 Å². The lowest BCUT2D eigenvalue weighted by Gasteiger charge is -2.13. The minimum absolute atomic E-state index is 0.0283. The smallest absolute Gasteiger partial charge is 0.224 e. The number of nitrogens with two attached hydrogens (primary N) is 1. The normalized spacial score (nSPS) is 22.7. The number of oxazole rings is 1. The molecule has 2 heterocycles. The minimum atomic E-state index is -0.0283. The summed E-state index contributed by atoms with van der Waals surface area (Å²) in [6.45, 7) is 1.12. The lowest BCUT2D eigenvalue weighted by atomic mass is 10.3. The van der Waals surface area contributed by atoms with Gasteiger partial charge in [-0.25, -0.2) is 4.98 Å². The highest BCUT2D eigenvalue weighted by Gasteiger charge is 2.27. The van der Waals surface area contributed by atoms with Gasteiger partial charge in [0.25, 0.3) is 0 Å². The highest BCUT2D eigenvalue weighted by Crippen LogP contribution is 2.12. The van der Waals surface area contributed by atoms with E-state index in [1.165, 1.54) is 12.7 Å². The Balaban J connectivity index is 1.99. The summed E-state index contributed by atoms with van der Waals surface area (Å²) in [6.07, 6.45) is 3.34. The van der Waals surface area contributed by atoms with E-state index in [0.29, 0.717) is 19.5 Å². The Morgan fingerprint density at radius 3 is 3.15 bits per heavy atom. The van der Waals surface area contributed by atoms with Crippen molar-refractivity contribution in [2.75, 3.05) is 6.54 Å². The van der Waals surface area contributed by atoms with Gasteiger partial charge in [0.15, 0.2) is 6.39 Å². The maximum atomic E-state index is 11.3. The number of amides is 1. The number of carbonyl (C=O) groups excluding carboxylic acids is 1. The van der Waals surface area contributed by atoms with Gasteiger partial charge in [-0.05, 0) is 0 Å². The van der Waals surface area contributed by atoms with E-state index in [-0.39, 0.29) is 11.9 Å². The summed E-state index contributed by atoms with van der Waals surface area (Å²) in [4.78, 5) is 16.9. The molecule has 0 radical (unpaired) electrons. The SMILES string of the molecule is NC1CC(=O)N(Cc2cocn2)C1. The van der Waals surface area contributed by atoms with Crippen LogP contribution in [0.25, 0.3) is 0 Å². The molecule has 0 bridgehead atoms. The van der Waals surface area contributed by atoms with Gasteiger partial charge in [-0.3, -0.25) is 4.79 Å². The van der Waals surface area contributed by atoms with Gasteiger partial charge in [-0.2, -0.15) is 0 Å². The number of likely N-dealkylation sites (tertiary alicyclic amines) is 1. The molecule has 2 rings (SSSR count). The van der Waals surface area contributed by atoms with Crippen LogP contribution in [0, 0.1) is 0 Å². The molecule has 0 aromatic carbocycles. The third kappa shape index (κ3) is 1.70. The van der Waals surface area contributed by atoms with E-state index < -0.39 is 0 Å². The number of aromatic nitrogens is 1. The van der Waals surface area contributed by atoms with E-state index in [0.717, 1.165) is 5.69 Å². The van der Waals surface area contributed by atoms with Gasteiger partial charge in [-0.15, -0.1) is 0 Å². The second-order valence-corrected chi connectivity index (χ2v) is 3.22. The summed E-state index contributed by atoms with van der Waals surface area (Å²) in [5.41, 5.74) is 6.40. The molecule has 0 spiro atoms. The number of rotatable bonds is 2. The monoisotopic (exact) mass is 181 g/mol. The lowest BCUT2D eigenvalue weighted by Crippen LogP contribution is -2.27. The zero-order chi connectivity index (χ0) is 9.26. The molecule has 1 saturated heterocycles. The second kappa shape index (κ2) is 3.18. The van der Waals surface area contributed by atoms with Crippen molar-refractivity contribution in [1.29, 1.82) is 0 Å². The van der Waals surface area contributed by atoms with Crippen LogP contribution in [0.4, 0.5) is 0 Å². The zero-order valence-electron chi connectivity index (χ0n) is 7.14. The van der Waals surface area contributed by atoms with E-state index in [1.54, 1.807) is 4.90 Å². The number of hydrogen-bond donors (Lipinski definition) is 1. The number of nitrogens with zero attached hydrogens (tertiary/aromatic N) is 2. The van der Waals surface area contributed by atoms with Gasteiger partial charge >= 0.3 is 0 Å². The van der Waals surface area contributed by atoms with E-state index in [4.69, 9.17) is 10.2 Å². The highest BCUT2D eigenvalue weighted by molar-refractivity contribution is 5.79. The van der Waals surface area contributed by atoms with Crippen LogP contribution in [0.1, 0.15) is 12.1 Å². The van der Waals surface area contributed by atoms with Crippen LogP contribution in [0.2, 0.25) is 0 Å². The molecule has 1 aliphatic heterocycles. The first-order valence-electron chi connectivity index (χ1n) is 4.16. The van der Waals surface area contributed by atoms with Crippen LogP contribution < -0.4 is 5.73 Å². The average Bonchev–Trinajstić information content (AvgIpc) is 2.63. The first kappa shape index (κ1) is 8.25. The van der Waals surface area contributed by atoms with Gasteiger partial charge in [0, 0.05) is 19.0 Å². The van der Waals surface area contributed by atoms with Crippen molar-refractivity contribution in [3.05, 3.63) is 18.4 Å². The van der Waals surface area contributed by atoms with Crippen LogP contribution in [-0.2, 0) is 11.3 Å². The quantitative estimate of drug-likeness (QED) is 0.682. The van der Waals surface area contributed by atoms with Crippen LogP contribution in [0.15, 0.2) is 17.1 Å². The van der Waals surface area contributed by atoms with Gasteiger partial charge in [0.1, 0.15) is 6.26 Å². The molecular weight excluding hydrogens is 170 g/mol. The third-order valence-electron chi connectivity index (χ3n) is 2.08. The van der Waals surface area contributed by atoms with Crippen LogP contribution in [-0.4, -0.2) is 28.4 Å². The zero-order valence-corrected chi connectivity index (χ0v) is 7.14. The Morgan fingerprint density at radius 2 is 2.62 bits per heavy atom. The molecule has 1 fully saturated rings. The molecule has 5 nitrogen and oxygen atoms in total. The lowest BCUT2D eigenvalue weighted by molar-refractivity contribution is -0.128. The summed E-state index contributed by atoms with van der Waals surface area (Å²) >= 11 is 0. The van der Waals surface area contributed by atoms with E-state index in [9.17, 15) is 4.79 Å². The van der Waals surface area contributed by atoms with Crippen molar-refractivity contribution in [2.24, 2.45) is 5.73 Å². The summed E-state index contributed by atoms with van der Waals surface area (Å²) in [5, 5.41) is 0. The number of hydrogen-bond acceptors (Lipinski definition) is 4. The highest BCUT2D eigenvalue weighted by atomic mass is 16.3. The molecule has 5 heteroatoms. The Labute approximate surface area is 75.5 Å². The predicted octanol–water partition coefficient (Wildman–Crippen LogP) is -0.266. The van der Waals surface area contributed by atoms with Crippen molar-refractivity contribution in [3.63, 3.8) is 0 Å². The second-order valence-electron chi connectivity index (χ2n) is 3.22. The first-order chi connectivity index (χ1) is 6.25. The fourth-order valence-corrected chi connectivity index (χ4v) is 1.47. The van der Waals surface area contributed by atoms with Crippen molar-refractivity contribution < 1.29 is 9.21 Å². The topological polar surface area (TPSA) is 72.4 Å². The van der Waals surface area contributed by atoms with E-state index >= 15 is 0 Å². The fourth-order valence-electron chi connectivity index (χ4n) is 1.47. The maximum absolute atomic E-state index is 11.3. The van der Waals surface area contributed by atoms with Crippen molar-refractivity contribution in [2.45, 2.75) is 19.0 Å². The molecule has 2 N–H and O–H groups in total. The van der Waals surface area contributed by atoms with Gasteiger partial charge in [0.05, 0.1) is 12.2 Å². The summed E-state index contributed by atoms with van der Waals surface area (Å²) < 4.78 is 4.81. The molecule has 0 saturated carbocycles. The first-order valence-corrected chi connectivity index (χ1v) is 4.16. The van der Waals surface area contributed by atoms with Crippen molar-refractivity contribution in [1.82, 2.24) is 9.88 Å². The molecule has 1 amide bonds. The summed E-state index contributed by atoms with van der Waals surface area (Å²) in [6, 6.07) is -0.0283. The van der Waals surface area contributed by atoms with Crippen molar-refractivity contribution >= 4 is 5.91 Å². The summed E-state index contributed by atoms with van der Waals surface area (Å²) in [7, 11) is 0. The average molecular weight is 181 g/mol. The van der Waals surface area contributed by atoms with Crippen molar-refractivity contribution in [3.8, 4) is 0 Å². The Hall–Kier alpha value is -1.36. The van der Waals surface area contributed by atoms with Crippen LogP contribution in [0.3, 0.4) is 0 Å². The molecule has 13 heavy (non-hydrogen) atoms. The molecule has 1 aromatic heterocycles.